The molecule has 0 radical (unpaired) electrons. The molecule has 0 atom stereocenters. The lowest BCUT2D eigenvalue weighted by Gasteiger charge is -1.96. The first-order valence-electron chi connectivity index (χ1n) is 5.35. The Kier molecular flexibility index (Phi) is 2.56. The highest BCUT2D eigenvalue weighted by molar-refractivity contribution is 9.11. The number of hydrogen-bond acceptors (Lipinski definition) is 2. The molecule has 2 nitrogen and oxygen atoms in total. The minimum absolute atomic E-state index is 0.940. The number of fused-ring (bicyclic) bond motifs is 1. The monoisotopic (exact) mass is 306 g/mol. The van der Waals surface area contributed by atoms with E-state index in [1.807, 2.05) is 0 Å². The smallest absolute Gasteiger partial charge is 0.139 e. The Labute approximate surface area is 112 Å². The summed E-state index contributed by atoms with van der Waals surface area (Å²) in [6, 6.07) is 6.39. The number of aromatic nitrogens is 2. The number of aromatic amines is 1. The van der Waals surface area contributed by atoms with Crippen molar-refractivity contribution in [2.45, 2.75) is 13.8 Å². The highest BCUT2D eigenvalue weighted by Gasteiger charge is 2.09. The third-order valence-electron chi connectivity index (χ3n) is 2.76. The SMILES string of the molecule is Cc1cc(C)c2nc(-c3csc(Br)c3)[nH]c2c1. The summed E-state index contributed by atoms with van der Waals surface area (Å²) >= 11 is 5.15. The highest BCUT2D eigenvalue weighted by Crippen LogP contribution is 2.29. The molecular formula is C13H11BrN2S. The molecule has 2 aromatic heterocycles. The van der Waals surface area contributed by atoms with Crippen LogP contribution in [0.2, 0.25) is 0 Å². The molecule has 0 aliphatic carbocycles. The maximum Gasteiger partial charge on any atom is 0.139 e. The zero-order valence-electron chi connectivity index (χ0n) is 9.54. The fourth-order valence-corrected chi connectivity index (χ4v) is 3.18. The molecule has 0 aliphatic rings. The van der Waals surface area contributed by atoms with Crippen LogP contribution >= 0.6 is 27.3 Å². The van der Waals surface area contributed by atoms with Crippen molar-refractivity contribution in [3.05, 3.63) is 38.5 Å². The number of nitrogens with zero attached hydrogens (tertiary/aromatic N) is 1. The van der Waals surface area contributed by atoms with E-state index < -0.39 is 0 Å². The van der Waals surface area contributed by atoms with E-state index >= 15 is 0 Å². The maximum atomic E-state index is 4.67. The van der Waals surface area contributed by atoms with Gasteiger partial charge in [0.2, 0.25) is 0 Å². The van der Waals surface area contributed by atoms with Gasteiger partial charge in [-0.2, -0.15) is 0 Å². The normalized spacial score (nSPS) is 11.2. The molecule has 0 bridgehead atoms. The molecule has 0 saturated carbocycles. The Hall–Kier alpha value is -1.13. The average Bonchev–Trinajstić information content (AvgIpc) is 2.83. The zero-order valence-corrected chi connectivity index (χ0v) is 11.9. The van der Waals surface area contributed by atoms with E-state index in [-0.39, 0.29) is 0 Å². The van der Waals surface area contributed by atoms with E-state index in [9.17, 15) is 0 Å². The fraction of sp³-hybridized carbons (Fsp3) is 0.154. The predicted molar refractivity (Wildman–Crippen MR) is 76.6 cm³/mol. The van der Waals surface area contributed by atoms with Crippen molar-refractivity contribution in [3.63, 3.8) is 0 Å². The zero-order chi connectivity index (χ0) is 12.0. The van der Waals surface area contributed by atoms with Gasteiger partial charge in [0.25, 0.3) is 0 Å². The minimum atomic E-state index is 0.940. The molecule has 1 aromatic carbocycles. The van der Waals surface area contributed by atoms with Gasteiger partial charge in [0.05, 0.1) is 14.8 Å². The number of rotatable bonds is 1. The van der Waals surface area contributed by atoms with Crippen LogP contribution in [0.4, 0.5) is 0 Å². The Morgan fingerprint density at radius 2 is 2.06 bits per heavy atom. The van der Waals surface area contributed by atoms with Gasteiger partial charge in [0.1, 0.15) is 5.82 Å². The first kappa shape index (κ1) is 11.0. The van der Waals surface area contributed by atoms with E-state index in [0.717, 1.165) is 26.2 Å². The van der Waals surface area contributed by atoms with Crippen molar-refractivity contribution < 1.29 is 0 Å². The number of H-pyrrole nitrogens is 1. The predicted octanol–water partition coefficient (Wildman–Crippen LogP) is 4.67. The summed E-state index contributed by atoms with van der Waals surface area (Å²) < 4.78 is 1.13. The second kappa shape index (κ2) is 3.96. The Morgan fingerprint density at radius 3 is 2.76 bits per heavy atom. The number of thiophene rings is 1. The molecule has 4 heteroatoms. The van der Waals surface area contributed by atoms with Crippen molar-refractivity contribution in [2.75, 3.05) is 0 Å². The second-order valence-corrected chi connectivity index (χ2v) is 6.49. The number of benzene rings is 1. The first-order chi connectivity index (χ1) is 8.13. The third-order valence-corrected chi connectivity index (χ3v) is 4.27. The molecule has 2 heterocycles. The fourth-order valence-electron chi connectivity index (χ4n) is 2.04. The van der Waals surface area contributed by atoms with Crippen LogP contribution in [0.1, 0.15) is 11.1 Å². The molecule has 0 spiro atoms. The van der Waals surface area contributed by atoms with Gasteiger partial charge in [0.15, 0.2) is 0 Å². The van der Waals surface area contributed by atoms with Crippen LogP contribution in [0.5, 0.6) is 0 Å². The molecule has 3 aromatic rings. The van der Waals surface area contributed by atoms with Crippen LogP contribution in [0.15, 0.2) is 27.4 Å². The lowest BCUT2D eigenvalue weighted by atomic mass is 10.1. The van der Waals surface area contributed by atoms with Crippen LogP contribution in [0.25, 0.3) is 22.4 Å². The summed E-state index contributed by atoms with van der Waals surface area (Å²) in [6.07, 6.45) is 0. The topological polar surface area (TPSA) is 28.7 Å². The molecule has 0 fully saturated rings. The van der Waals surface area contributed by atoms with Gasteiger partial charge < -0.3 is 4.98 Å². The van der Waals surface area contributed by atoms with Crippen molar-refractivity contribution in [3.8, 4) is 11.4 Å². The van der Waals surface area contributed by atoms with E-state index in [2.05, 4.69) is 63.3 Å². The molecule has 1 N–H and O–H groups in total. The number of hydrogen-bond donors (Lipinski definition) is 1. The largest absolute Gasteiger partial charge is 0.338 e. The number of nitrogens with one attached hydrogen (secondary N) is 1. The number of imidazole rings is 1. The van der Waals surface area contributed by atoms with Crippen LogP contribution in [0, 0.1) is 13.8 Å². The van der Waals surface area contributed by atoms with E-state index in [1.165, 1.54) is 11.1 Å². The van der Waals surface area contributed by atoms with Crippen LogP contribution in [-0.4, -0.2) is 9.97 Å². The Balaban J connectivity index is 2.23. The molecule has 0 aliphatic heterocycles. The van der Waals surface area contributed by atoms with Gasteiger partial charge >= 0.3 is 0 Å². The van der Waals surface area contributed by atoms with E-state index in [4.69, 9.17) is 0 Å². The molecule has 3 rings (SSSR count). The highest BCUT2D eigenvalue weighted by atomic mass is 79.9. The summed E-state index contributed by atoms with van der Waals surface area (Å²) in [7, 11) is 0. The van der Waals surface area contributed by atoms with Crippen LogP contribution < -0.4 is 0 Å². The molecule has 0 saturated heterocycles. The van der Waals surface area contributed by atoms with Crippen molar-refractivity contribution >= 4 is 38.3 Å². The quantitative estimate of drug-likeness (QED) is 0.695. The van der Waals surface area contributed by atoms with E-state index in [1.54, 1.807) is 11.3 Å². The minimum Gasteiger partial charge on any atom is -0.338 e. The summed E-state index contributed by atoms with van der Waals surface area (Å²) in [5.41, 5.74) is 5.79. The van der Waals surface area contributed by atoms with E-state index in [0.29, 0.717) is 0 Å². The average molecular weight is 307 g/mol. The van der Waals surface area contributed by atoms with Gasteiger partial charge in [-0.3, -0.25) is 0 Å². The molecule has 0 amide bonds. The maximum absolute atomic E-state index is 4.67. The number of halogens is 1. The first-order valence-corrected chi connectivity index (χ1v) is 7.02. The standard InChI is InChI=1S/C13H11BrN2S/c1-7-3-8(2)12-10(4-7)15-13(16-12)9-5-11(14)17-6-9/h3-6H,1-2H3,(H,15,16). The summed E-state index contributed by atoms with van der Waals surface area (Å²) in [4.78, 5) is 8.05. The molecular weight excluding hydrogens is 296 g/mol. The molecule has 17 heavy (non-hydrogen) atoms. The summed E-state index contributed by atoms with van der Waals surface area (Å²) in [6.45, 7) is 4.21. The third kappa shape index (κ3) is 1.91. The molecule has 0 unspecified atom stereocenters. The lowest BCUT2D eigenvalue weighted by molar-refractivity contribution is 1.34. The van der Waals surface area contributed by atoms with Crippen molar-refractivity contribution in [1.29, 1.82) is 0 Å². The van der Waals surface area contributed by atoms with Crippen LogP contribution in [-0.2, 0) is 0 Å². The summed E-state index contributed by atoms with van der Waals surface area (Å²) in [5.74, 6) is 0.940. The van der Waals surface area contributed by atoms with Gasteiger partial charge in [-0.15, -0.1) is 11.3 Å². The van der Waals surface area contributed by atoms with Gasteiger partial charge in [-0.05, 0) is 53.0 Å². The molecule has 86 valence electrons. The Bertz CT molecular complexity index is 697. The number of aryl methyl sites for hydroxylation is 2. The van der Waals surface area contributed by atoms with Crippen molar-refractivity contribution in [2.24, 2.45) is 0 Å². The van der Waals surface area contributed by atoms with Gasteiger partial charge in [-0.1, -0.05) is 6.07 Å². The van der Waals surface area contributed by atoms with Gasteiger partial charge in [-0.25, -0.2) is 4.98 Å². The Morgan fingerprint density at radius 1 is 1.24 bits per heavy atom. The van der Waals surface area contributed by atoms with Crippen LogP contribution in [0.3, 0.4) is 0 Å². The van der Waals surface area contributed by atoms with Crippen molar-refractivity contribution in [1.82, 2.24) is 9.97 Å². The summed E-state index contributed by atoms with van der Waals surface area (Å²) in [5, 5.41) is 2.10. The van der Waals surface area contributed by atoms with Gasteiger partial charge in [0, 0.05) is 10.9 Å². The lowest BCUT2D eigenvalue weighted by Crippen LogP contribution is -1.79. The second-order valence-electron chi connectivity index (χ2n) is 4.20.